The Morgan fingerprint density at radius 1 is 1.25 bits per heavy atom. The minimum absolute atomic E-state index is 0.114. The molecular formula is C14H18ClNO4. The number of ether oxygens (including phenoxy) is 1. The van der Waals surface area contributed by atoms with Gasteiger partial charge in [-0.3, -0.25) is 9.59 Å². The van der Waals surface area contributed by atoms with Gasteiger partial charge in [-0.15, -0.1) is 0 Å². The molecule has 0 aliphatic carbocycles. The van der Waals surface area contributed by atoms with Gasteiger partial charge in [0.1, 0.15) is 0 Å². The summed E-state index contributed by atoms with van der Waals surface area (Å²) in [6.45, 7) is 0.288. The molecule has 0 atom stereocenters. The van der Waals surface area contributed by atoms with E-state index in [0.29, 0.717) is 5.02 Å². The van der Waals surface area contributed by atoms with Gasteiger partial charge >= 0.3 is 5.97 Å². The van der Waals surface area contributed by atoms with Gasteiger partial charge in [0.2, 0.25) is 5.91 Å². The van der Waals surface area contributed by atoms with Crippen LogP contribution in [0.15, 0.2) is 24.3 Å². The average Bonchev–Trinajstić information content (AvgIpc) is 2.45. The highest BCUT2D eigenvalue weighted by molar-refractivity contribution is 6.30. The lowest BCUT2D eigenvalue weighted by Crippen LogP contribution is -2.36. The summed E-state index contributed by atoms with van der Waals surface area (Å²) in [6, 6.07) is 6.99. The summed E-state index contributed by atoms with van der Waals surface area (Å²) in [7, 11) is 1.30. The van der Waals surface area contributed by atoms with Crippen molar-refractivity contribution in [2.75, 3.05) is 26.8 Å². The molecule has 0 radical (unpaired) electrons. The van der Waals surface area contributed by atoms with E-state index in [4.69, 9.17) is 16.7 Å². The highest BCUT2D eigenvalue weighted by Gasteiger charge is 2.15. The summed E-state index contributed by atoms with van der Waals surface area (Å²) in [5, 5.41) is 9.59. The van der Waals surface area contributed by atoms with Crippen LogP contribution in [0.1, 0.15) is 12.0 Å². The smallest absolute Gasteiger partial charge is 0.307 e. The SMILES string of the molecule is COC(=O)CCN(CCO)C(=O)Cc1ccc(Cl)cc1. The largest absolute Gasteiger partial charge is 0.469 e. The lowest BCUT2D eigenvalue weighted by atomic mass is 10.1. The van der Waals surface area contributed by atoms with Crippen LogP contribution in [0.3, 0.4) is 0 Å². The van der Waals surface area contributed by atoms with Gasteiger partial charge < -0.3 is 14.7 Å². The lowest BCUT2D eigenvalue weighted by Gasteiger charge is -2.21. The van der Waals surface area contributed by atoms with Crippen LogP contribution in [0.25, 0.3) is 0 Å². The van der Waals surface area contributed by atoms with Gasteiger partial charge in [-0.1, -0.05) is 23.7 Å². The number of aliphatic hydroxyl groups is 1. The quantitative estimate of drug-likeness (QED) is 0.770. The van der Waals surface area contributed by atoms with E-state index in [0.717, 1.165) is 5.56 Å². The van der Waals surface area contributed by atoms with Crippen molar-refractivity contribution in [2.45, 2.75) is 12.8 Å². The van der Waals surface area contributed by atoms with Gasteiger partial charge in [-0.2, -0.15) is 0 Å². The lowest BCUT2D eigenvalue weighted by molar-refractivity contribution is -0.141. The second-order valence-corrected chi connectivity index (χ2v) is 4.67. The van der Waals surface area contributed by atoms with E-state index >= 15 is 0 Å². The number of carbonyl (C=O) groups is 2. The molecule has 0 spiro atoms. The zero-order chi connectivity index (χ0) is 15.0. The maximum absolute atomic E-state index is 12.1. The van der Waals surface area contributed by atoms with Crippen LogP contribution in [0.2, 0.25) is 5.02 Å². The van der Waals surface area contributed by atoms with Gasteiger partial charge in [0.25, 0.3) is 0 Å². The van der Waals surface area contributed by atoms with E-state index in [1.165, 1.54) is 12.0 Å². The number of aliphatic hydroxyl groups excluding tert-OH is 1. The summed E-state index contributed by atoms with van der Waals surface area (Å²) >= 11 is 5.78. The molecule has 0 saturated heterocycles. The number of methoxy groups -OCH3 is 1. The van der Waals surface area contributed by atoms with Crippen molar-refractivity contribution >= 4 is 23.5 Å². The Balaban J connectivity index is 2.58. The predicted octanol–water partition coefficient (Wildman–Crippen LogP) is 1.27. The highest BCUT2D eigenvalue weighted by Crippen LogP contribution is 2.11. The maximum Gasteiger partial charge on any atom is 0.307 e. The first-order valence-corrected chi connectivity index (χ1v) is 6.64. The molecule has 20 heavy (non-hydrogen) atoms. The third-order valence-electron chi connectivity index (χ3n) is 2.80. The number of amides is 1. The fourth-order valence-corrected chi connectivity index (χ4v) is 1.82. The zero-order valence-corrected chi connectivity index (χ0v) is 12.1. The van der Waals surface area contributed by atoms with E-state index in [9.17, 15) is 9.59 Å². The van der Waals surface area contributed by atoms with Crippen LogP contribution < -0.4 is 0 Å². The fraction of sp³-hybridized carbons (Fsp3) is 0.429. The van der Waals surface area contributed by atoms with Gasteiger partial charge in [-0.25, -0.2) is 0 Å². The van der Waals surface area contributed by atoms with Crippen molar-refractivity contribution in [1.82, 2.24) is 4.90 Å². The number of nitrogens with zero attached hydrogens (tertiary/aromatic N) is 1. The molecule has 0 unspecified atom stereocenters. The first kappa shape index (κ1) is 16.5. The molecule has 0 fully saturated rings. The number of carbonyl (C=O) groups excluding carboxylic acids is 2. The standard InChI is InChI=1S/C14H18ClNO4/c1-20-14(19)6-7-16(8-9-17)13(18)10-11-2-4-12(15)5-3-11/h2-5,17H,6-10H2,1H3. The maximum atomic E-state index is 12.1. The summed E-state index contributed by atoms with van der Waals surface area (Å²) in [6.07, 6.45) is 0.321. The van der Waals surface area contributed by atoms with Gasteiger partial charge in [0, 0.05) is 18.1 Å². The third-order valence-corrected chi connectivity index (χ3v) is 3.06. The van der Waals surface area contributed by atoms with Crippen LogP contribution in [-0.4, -0.2) is 48.7 Å². The van der Waals surface area contributed by atoms with E-state index in [2.05, 4.69) is 4.74 Å². The Morgan fingerprint density at radius 3 is 2.45 bits per heavy atom. The van der Waals surface area contributed by atoms with Gasteiger partial charge in [0.15, 0.2) is 0 Å². The van der Waals surface area contributed by atoms with Crippen LogP contribution in [0.4, 0.5) is 0 Å². The molecule has 1 aromatic rings. The van der Waals surface area contributed by atoms with Crippen molar-refractivity contribution in [3.05, 3.63) is 34.9 Å². The first-order valence-electron chi connectivity index (χ1n) is 6.26. The molecule has 0 saturated carbocycles. The Labute approximate surface area is 123 Å². The first-order chi connectivity index (χ1) is 9.56. The average molecular weight is 300 g/mol. The third kappa shape index (κ3) is 5.59. The fourth-order valence-electron chi connectivity index (χ4n) is 1.70. The molecule has 110 valence electrons. The molecule has 1 aromatic carbocycles. The Kier molecular flexibility index (Phi) is 7.04. The Hall–Kier alpha value is -1.59. The highest BCUT2D eigenvalue weighted by atomic mass is 35.5. The van der Waals surface area contributed by atoms with Crippen molar-refractivity contribution in [3.63, 3.8) is 0 Å². The van der Waals surface area contributed by atoms with Crippen LogP contribution in [-0.2, 0) is 20.7 Å². The van der Waals surface area contributed by atoms with E-state index in [1.54, 1.807) is 24.3 Å². The molecule has 0 aliphatic heterocycles. The Bertz CT molecular complexity index is 447. The van der Waals surface area contributed by atoms with E-state index in [-0.39, 0.29) is 44.4 Å². The summed E-state index contributed by atoms with van der Waals surface area (Å²) in [5.41, 5.74) is 0.834. The minimum atomic E-state index is -0.382. The monoisotopic (exact) mass is 299 g/mol. The normalized spacial score (nSPS) is 10.2. The zero-order valence-electron chi connectivity index (χ0n) is 11.3. The van der Waals surface area contributed by atoms with Gasteiger partial charge in [0.05, 0.1) is 26.6 Å². The second kappa shape index (κ2) is 8.55. The predicted molar refractivity (Wildman–Crippen MR) is 75.5 cm³/mol. The Morgan fingerprint density at radius 2 is 1.90 bits per heavy atom. The summed E-state index contributed by atoms with van der Waals surface area (Å²) < 4.78 is 4.54. The van der Waals surface area contributed by atoms with Crippen LogP contribution >= 0.6 is 11.6 Å². The van der Waals surface area contributed by atoms with E-state index in [1.807, 2.05) is 0 Å². The van der Waals surface area contributed by atoms with Gasteiger partial charge in [-0.05, 0) is 17.7 Å². The van der Waals surface area contributed by atoms with Crippen LogP contribution in [0.5, 0.6) is 0 Å². The van der Waals surface area contributed by atoms with Crippen molar-refractivity contribution in [3.8, 4) is 0 Å². The van der Waals surface area contributed by atoms with E-state index < -0.39 is 0 Å². The summed E-state index contributed by atoms with van der Waals surface area (Å²) in [4.78, 5) is 24.7. The number of rotatable bonds is 7. The summed E-state index contributed by atoms with van der Waals surface area (Å²) in [5.74, 6) is -0.530. The number of benzene rings is 1. The molecule has 0 aromatic heterocycles. The van der Waals surface area contributed by atoms with Crippen LogP contribution in [0, 0.1) is 0 Å². The van der Waals surface area contributed by atoms with Crippen molar-refractivity contribution < 1.29 is 19.4 Å². The number of halogens is 1. The van der Waals surface area contributed by atoms with Crippen molar-refractivity contribution in [1.29, 1.82) is 0 Å². The molecular weight excluding hydrogens is 282 g/mol. The number of hydrogen-bond donors (Lipinski definition) is 1. The molecule has 1 N–H and O–H groups in total. The minimum Gasteiger partial charge on any atom is -0.469 e. The number of hydrogen-bond acceptors (Lipinski definition) is 4. The molecule has 6 heteroatoms. The second-order valence-electron chi connectivity index (χ2n) is 4.23. The molecule has 1 amide bonds. The molecule has 5 nitrogen and oxygen atoms in total. The molecule has 1 rings (SSSR count). The molecule has 0 aliphatic rings. The van der Waals surface area contributed by atoms with Crippen molar-refractivity contribution in [2.24, 2.45) is 0 Å². The topological polar surface area (TPSA) is 66.8 Å². The molecule has 0 heterocycles. The number of esters is 1. The molecule has 0 bridgehead atoms.